The lowest BCUT2D eigenvalue weighted by molar-refractivity contribution is 0.403. The van der Waals surface area contributed by atoms with E-state index in [4.69, 9.17) is 10.5 Å². The van der Waals surface area contributed by atoms with Crippen molar-refractivity contribution in [1.82, 2.24) is 0 Å². The Bertz CT molecular complexity index is 750. The molecule has 0 radical (unpaired) electrons. The Morgan fingerprint density at radius 3 is 2.24 bits per heavy atom. The minimum Gasteiger partial charge on any atom is -0.495 e. The number of ether oxygens (including phenoxy) is 1. The highest BCUT2D eigenvalue weighted by Gasteiger charge is 2.20. The molecule has 0 aromatic heterocycles. The van der Waals surface area contributed by atoms with Crippen LogP contribution in [-0.4, -0.2) is 15.5 Å². The number of rotatable bonds is 4. The Balaban J connectivity index is 2.45. The molecule has 0 spiro atoms. The van der Waals surface area contributed by atoms with Crippen molar-refractivity contribution in [2.75, 3.05) is 17.6 Å². The summed E-state index contributed by atoms with van der Waals surface area (Å²) in [6.45, 7) is 3.82. The summed E-state index contributed by atoms with van der Waals surface area (Å²) in [6, 6.07) is 10.0. The molecule has 0 saturated heterocycles. The fraction of sp³-hybridized carbons (Fsp3) is 0.200. The molecule has 0 aliphatic heterocycles. The van der Waals surface area contributed by atoms with Gasteiger partial charge >= 0.3 is 0 Å². The lowest BCUT2D eigenvalue weighted by Crippen LogP contribution is -2.14. The maximum atomic E-state index is 12.5. The molecule has 6 heteroatoms. The van der Waals surface area contributed by atoms with Gasteiger partial charge in [-0.3, -0.25) is 4.72 Å². The van der Waals surface area contributed by atoms with E-state index in [-0.39, 0.29) is 10.6 Å². The Kier molecular flexibility index (Phi) is 4.09. The molecule has 0 fully saturated rings. The quantitative estimate of drug-likeness (QED) is 0.851. The van der Waals surface area contributed by atoms with Crippen LogP contribution in [0.25, 0.3) is 0 Å². The molecule has 2 aromatic carbocycles. The summed E-state index contributed by atoms with van der Waals surface area (Å²) < 4.78 is 32.7. The maximum absolute atomic E-state index is 12.5. The van der Waals surface area contributed by atoms with Crippen molar-refractivity contribution >= 4 is 21.4 Å². The van der Waals surface area contributed by atoms with E-state index in [0.29, 0.717) is 11.4 Å². The number of benzene rings is 2. The number of hydrogen-bond acceptors (Lipinski definition) is 4. The molecule has 0 aliphatic carbocycles. The second-order valence-electron chi connectivity index (χ2n) is 4.89. The van der Waals surface area contributed by atoms with E-state index in [0.717, 1.165) is 11.1 Å². The molecule has 0 amide bonds. The number of nitrogens with two attached hydrogens (primary N) is 1. The van der Waals surface area contributed by atoms with E-state index in [1.165, 1.54) is 19.2 Å². The van der Waals surface area contributed by atoms with Gasteiger partial charge in [-0.1, -0.05) is 6.07 Å². The van der Waals surface area contributed by atoms with Crippen molar-refractivity contribution in [3.8, 4) is 5.75 Å². The lowest BCUT2D eigenvalue weighted by atomic mass is 10.1. The molecule has 0 bridgehead atoms. The van der Waals surface area contributed by atoms with Gasteiger partial charge in [-0.25, -0.2) is 8.42 Å². The fourth-order valence-corrected chi connectivity index (χ4v) is 3.39. The molecule has 0 aliphatic rings. The van der Waals surface area contributed by atoms with Gasteiger partial charge in [0.25, 0.3) is 10.0 Å². The molecular weight excluding hydrogens is 288 g/mol. The van der Waals surface area contributed by atoms with E-state index in [2.05, 4.69) is 4.72 Å². The molecule has 5 nitrogen and oxygen atoms in total. The van der Waals surface area contributed by atoms with Gasteiger partial charge in [0.15, 0.2) is 0 Å². The minimum atomic E-state index is -3.77. The molecular formula is C15H18N2O3S. The molecule has 21 heavy (non-hydrogen) atoms. The van der Waals surface area contributed by atoms with Crippen LogP contribution in [0.15, 0.2) is 41.3 Å². The highest BCUT2D eigenvalue weighted by Crippen LogP contribution is 2.28. The number of nitrogen functional groups attached to an aromatic ring is 1. The molecule has 2 rings (SSSR count). The average Bonchev–Trinajstić information content (AvgIpc) is 2.36. The van der Waals surface area contributed by atoms with E-state index < -0.39 is 10.0 Å². The number of anilines is 2. The number of aryl methyl sites for hydroxylation is 2. The summed E-state index contributed by atoms with van der Waals surface area (Å²) in [7, 11) is -2.35. The zero-order valence-corrected chi connectivity index (χ0v) is 13.0. The molecule has 2 aromatic rings. The SMILES string of the molecule is COc1ccc(N)cc1S(=O)(=O)Nc1cc(C)cc(C)c1. The molecule has 3 N–H and O–H groups in total. The lowest BCUT2D eigenvalue weighted by Gasteiger charge is -2.13. The van der Waals surface area contributed by atoms with E-state index in [1.54, 1.807) is 18.2 Å². The van der Waals surface area contributed by atoms with Crippen molar-refractivity contribution in [3.05, 3.63) is 47.5 Å². The summed E-state index contributed by atoms with van der Waals surface area (Å²) in [5, 5.41) is 0. The van der Waals surface area contributed by atoms with Crippen LogP contribution in [0.3, 0.4) is 0 Å². The van der Waals surface area contributed by atoms with Crippen molar-refractivity contribution in [2.24, 2.45) is 0 Å². The molecule has 0 unspecified atom stereocenters. The van der Waals surface area contributed by atoms with Crippen LogP contribution in [0, 0.1) is 13.8 Å². The Labute approximate surface area is 124 Å². The highest BCUT2D eigenvalue weighted by molar-refractivity contribution is 7.92. The molecule has 0 atom stereocenters. The van der Waals surface area contributed by atoms with E-state index in [1.807, 2.05) is 19.9 Å². The third-order valence-electron chi connectivity index (χ3n) is 2.95. The summed E-state index contributed by atoms with van der Waals surface area (Å²) in [4.78, 5) is 0.0177. The smallest absolute Gasteiger partial charge is 0.265 e. The van der Waals surface area contributed by atoms with Crippen LogP contribution in [-0.2, 0) is 10.0 Å². The standard InChI is InChI=1S/C15H18N2O3S/c1-10-6-11(2)8-13(7-10)17-21(18,19)15-9-12(16)4-5-14(15)20-3/h4-9,17H,16H2,1-3H3. The van der Waals surface area contributed by atoms with Gasteiger partial charge in [0.05, 0.1) is 7.11 Å². The average molecular weight is 306 g/mol. The highest BCUT2D eigenvalue weighted by atomic mass is 32.2. The second kappa shape index (κ2) is 5.65. The normalized spacial score (nSPS) is 11.2. The number of nitrogens with one attached hydrogen (secondary N) is 1. The zero-order chi connectivity index (χ0) is 15.6. The van der Waals surface area contributed by atoms with Crippen LogP contribution in [0.5, 0.6) is 5.75 Å². The maximum Gasteiger partial charge on any atom is 0.265 e. The van der Waals surface area contributed by atoms with Gasteiger partial charge in [0, 0.05) is 11.4 Å². The predicted octanol–water partition coefficient (Wildman–Crippen LogP) is 2.70. The van der Waals surface area contributed by atoms with Crippen LogP contribution in [0.4, 0.5) is 11.4 Å². The van der Waals surface area contributed by atoms with Gasteiger partial charge < -0.3 is 10.5 Å². The van der Waals surface area contributed by atoms with Gasteiger partial charge in [0.1, 0.15) is 10.6 Å². The Morgan fingerprint density at radius 1 is 1.05 bits per heavy atom. The van der Waals surface area contributed by atoms with E-state index >= 15 is 0 Å². The molecule has 112 valence electrons. The zero-order valence-electron chi connectivity index (χ0n) is 12.2. The van der Waals surface area contributed by atoms with Crippen molar-refractivity contribution in [3.63, 3.8) is 0 Å². The minimum absolute atomic E-state index is 0.0177. The van der Waals surface area contributed by atoms with Gasteiger partial charge in [0.2, 0.25) is 0 Å². The third-order valence-corrected chi connectivity index (χ3v) is 4.35. The fourth-order valence-electron chi connectivity index (χ4n) is 2.15. The van der Waals surface area contributed by atoms with Crippen molar-refractivity contribution < 1.29 is 13.2 Å². The third kappa shape index (κ3) is 3.46. The van der Waals surface area contributed by atoms with Crippen LogP contribution < -0.4 is 15.2 Å². The van der Waals surface area contributed by atoms with Crippen molar-refractivity contribution in [2.45, 2.75) is 18.7 Å². The van der Waals surface area contributed by atoms with E-state index in [9.17, 15) is 8.42 Å². The summed E-state index contributed by atoms with van der Waals surface area (Å²) in [5.74, 6) is 0.251. The number of sulfonamides is 1. The number of methoxy groups -OCH3 is 1. The van der Waals surface area contributed by atoms with Crippen LogP contribution >= 0.6 is 0 Å². The first kappa shape index (κ1) is 15.2. The largest absolute Gasteiger partial charge is 0.495 e. The summed E-state index contributed by atoms with van der Waals surface area (Å²) in [5.41, 5.74) is 8.50. The second-order valence-corrected chi connectivity index (χ2v) is 6.54. The van der Waals surface area contributed by atoms with Gasteiger partial charge in [-0.05, 0) is 55.3 Å². The topological polar surface area (TPSA) is 81.4 Å². The van der Waals surface area contributed by atoms with Gasteiger partial charge in [-0.15, -0.1) is 0 Å². The predicted molar refractivity (Wildman–Crippen MR) is 84.1 cm³/mol. The first-order valence-electron chi connectivity index (χ1n) is 6.36. The Morgan fingerprint density at radius 2 is 1.67 bits per heavy atom. The number of hydrogen-bond donors (Lipinski definition) is 2. The first-order valence-corrected chi connectivity index (χ1v) is 7.85. The molecule has 0 heterocycles. The Hall–Kier alpha value is -2.21. The summed E-state index contributed by atoms with van der Waals surface area (Å²) >= 11 is 0. The van der Waals surface area contributed by atoms with Crippen LogP contribution in [0.1, 0.15) is 11.1 Å². The molecule has 0 saturated carbocycles. The van der Waals surface area contributed by atoms with Crippen LogP contribution in [0.2, 0.25) is 0 Å². The monoisotopic (exact) mass is 306 g/mol. The summed E-state index contributed by atoms with van der Waals surface area (Å²) in [6.07, 6.45) is 0. The first-order chi connectivity index (χ1) is 9.81. The van der Waals surface area contributed by atoms with Gasteiger partial charge in [-0.2, -0.15) is 0 Å². The van der Waals surface area contributed by atoms with Crippen molar-refractivity contribution in [1.29, 1.82) is 0 Å².